The third kappa shape index (κ3) is 34.2. The van der Waals surface area contributed by atoms with Crippen molar-refractivity contribution < 1.29 is 20.4 Å². The molecule has 0 radical (unpaired) electrons. The fourth-order valence-electron chi connectivity index (χ4n) is 8.99. The van der Waals surface area contributed by atoms with Gasteiger partial charge in [-0.25, -0.2) is 4.99 Å². The summed E-state index contributed by atoms with van der Waals surface area (Å²) in [6.45, 7) is 11.5. The van der Waals surface area contributed by atoms with Gasteiger partial charge in [0.1, 0.15) is 0 Å². The summed E-state index contributed by atoms with van der Waals surface area (Å²) in [5, 5.41) is 0. The minimum atomic E-state index is 0. The van der Waals surface area contributed by atoms with Crippen molar-refractivity contribution in [1.29, 1.82) is 0 Å². The largest absolute Gasteiger partial charge is 0.255 e. The molecule has 0 saturated heterocycles. The molecule has 0 aliphatic carbocycles. The van der Waals surface area contributed by atoms with Gasteiger partial charge in [0.2, 0.25) is 0 Å². The number of aryl methyl sites for hydroxylation is 4. The van der Waals surface area contributed by atoms with Crippen molar-refractivity contribution in [3.63, 3.8) is 0 Å². The van der Waals surface area contributed by atoms with E-state index in [0.717, 1.165) is 49.2 Å². The summed E-state index contributed by atoms with van der Waals surface area (Å²) in [5.41, 5.74) is 8.91. The van der Waals surface area contributed by atoms with E-state index in [4.69, 9.17) is 9.98 Å². The summed E-state index contributed by atoms with van der Waals surface area (Å²) in [5.74, 6) is 0. The monoisotopic (exact) mass is 957 g/mol. The molecule has 0 heterocycles. The number of hydrogen-bond acceptors (Lipinski definition) is 2. The van der Waals surface area contributed by atoms with Gasteiger partial charge in [0, 0.05) is 20.4 Å². The van der Waals surface area contributed by atoms with Gasteiger partial charge in [-0.15, -0.1) is 0 Å². The summed E-state index contributed by atoms with van der Waals surface area (Å²) in [6, 6.07) is 14.3. The molecule has 0 aliphatic heterocycles. The van der Waals surface area contributed by atoms with Crippen molar-refractivity contribution in [3.05, 3.63) is 70.8 Å². The van der Waals surface area contributed by atoms with Gasteiger partial charge in [-0.1, -0.05) is 239 Å². The summed E-state index contributed by atoms with van der Waals surface area (Å²) in [6.07, 6.45) is 59.0. The van der Waals surface area contributed by atoms with Crippen LogP contribution in [0.25, 0.3) is 0 Å². The second kappa shape index (κ2) is 44.0. The molecule has 0 atom stereocenters. The van der Waals surface area contributed by atoms with Crippen LogP contribution in [0.15, 0.2) is 58.5 Å². The Labute approximate surface area is 407 Å². The van der Waals surface area contributed by atoms with Crippen molar-refractivity contribution in [2.75, 3.05) is 0 Å². The maximum atomic E-state index is 5.33. The minimum absolute atomic E-state index is 0. The van der Waals surface area contributed by atoms with E-state index in [1.165, 1.54) is 241 Å². The molecular formula is C60H102N2Pd. The van der Waals surface area contributed by atoms with E-state index in [-0.39, 0.29) is 20.4 Å². The number of aliphatic imine (C=N–C) groups is 2. The van der Waals surface area contributed by atoms with Crippen LogP contribution in [-0.4, -0.2) is 11.9 Å². The molecule has 0 spiro atoms. The molecule has 0 fully saturated rings. The van der Waals surface area contributed by atoms with Crippen LogP contribution in [0.5, 0.6) is 0 Å². The van der Waals surface area contributed by atoms with E-state index in [1.807, 2.05) is 0 Å². The average molecular weight is 958 g/mol. The molecule has 2 aromatic carbocycles. The molecule has 0 amide bonds. The molecule has 0 unspecified atom stereocenters. The van der Waals surface area contributed by atoms with Gasteiger partial charge < -0.3 is 0 Å². The molecule has 362 valence electrons. The quantitative estimate of drug-likeness (QED) is 0.0359. The molecule has 2 aromatic rings. The zero-order valence-electron chi connectivity index (χ0n) is 42.5. The van der Waals surface area contributed by atoms with Gasteiger partial charge in [-0.05, 0) is 117 Å². The summed E-state index contributed by atoms with van der Waals surface area (Å²) < 4.78 is 0. The SMILES string of the molecule is CCCCCCCCCCCCCCCCCCCCCCCCC=CC(C=Nc1cc(CCCCC)cc(CCCCC)c1)=Nc1cc(CCCCC)cc(CCCCC)c1.[Pd]. The normalized spacial score (nSPS) is 12.0. The Morgan fingerprint density at radius 3 is 0.968 bits per heavy atom. The van der Waals surface area contributed by atoms with Crippen LogP contribution >= 0.6 is 0 Å². The Hall–Kier alpha value is -1.82. The Balaban J connectivity index is 0.0000198. The van der Waals surface area contributed by atoms with Crippen molar-refractivity contribution in [2.24, 2.45) is 9.98 Å². The maximum Gasteiger partial charge on any atom is 0.0816 e. The first-order valence-electron chi connectivity index (χ1n) is 27.7. The molecule has 0 bridgehead atoms. The van der Waals surface area contributed by atoms with Gasteiger partial charge in [-0.2, -0.15) is 0 Å². The number of unbranched alkanes of at least 4 members (excludes halogenated alkanes) is 30. The van der Waals surface area contributed by atoms with E-state index in [1.54, 1.807) is 0 Å². The zero-order chi connectivity index (χ0) is 44.4. The Bertz CT molecular complexity index is 1350. The van der Waals surface area contributed by atoms with E-state index < -0.39 is 0 Å². The summed E-state index contributed by atoms with van der Waals surface area (Å²) in [7, 11) is 0. The first-order valence-corrected chi connectivity index (χ1v) is 27.7. The molecule has 63 heavy (non-hydrogen) atoms. The molecule has 0 aliphatic rings. The molecule has 3 heteroatoms. The fourth-order valence-corrected chi connectivity index (χ4v) is 8.99. The number of rotatable bonds is 43. The number of hydrogen-bond donors (Lipinski definition) is 0. The first-order chi connectivity index (χ1) is 30.6. The smallest absolute Gasteiger partial charge is 0.0816 e. The Morgan fingerprint density at radius 2 is 0.635 bits per heavy atom. The van der Waals surface area contributed by atoms with Crippen molar-refractivity contribution in [1.82, 2.24) is 0 Å². The van der Waals surface area contributed by atoms with Crippen LogP contribution in [0.2, 0.25) is 0 Å². The molecule has 2 rings (SSSR count). The van der Waals surface area contributed by atoms with Crippen molar-refractivity contribution >= 4 is 23.3 Å². The average Bonchev–Trinajstić information content (AvgIpc) is 3.27. The van der Waals surface area contributed by atoms with Crippen molar-refractivity contribution in [2.45, 2.75) is 285 Å². The summed E-state index contributed by atoms with van der Waals surface area (Å²) in [4.78, 5) is 10.5. The predicted octanol–water partition coefficient (Wildman–Crippen LogP) is 20.6. The second-order valence-electron chi connectivity index (χ2n) is 19.3. The molecule has 2 nitrogen and oxygen atoms in total. The minimum Gasteiger partial charge on any atom is -0.255 e. The number of allylic oxidation sites excluding steroid dienone is 2. The van der Waals surface area contributed by atoms with Crippen LogP contribution in [-0.2, 0) is 46.1 Å². The molecule has 0 saturated carbocycles. The summed E-state index contributed by atoms with van der Waals surface area (Å²) >= 11 is 0. The van der Waals surface area contributed by atoms with Crippen LogP contribution < -0.4 is 0 Å². The van der Waals surface area contributed by atoms with Gasteiger partial charge in [-0.3, -0.25) is 4.99 Å². The number of benzene rings is 2. The van der Waals surface area contributed by atoms with Crippen LogP contribution in [0.4, 0.5) is 11.4 Å². The van der Waals surface area contributed by atoms with Crippen LogP contribution in [0.1, 0.15) is 282 Å². The fraction of sp³-hybridized carbons (Fsp3) is 0.733. The van der Waals surface area contributed by atoms with E-state index in [9.17, 15) is 0 Å². The van der Waals surface area contributed by atoms with Crippen LogP contribution in [0.3, 0.4) is 0 Å². The molecule has 0 aromatic heterocycles. The number of nitrogens with zero attached hydrogens (tertiary/aromatic N) is 2. The van der Waals surface area contributed by atoms with E-state index >= 15 is 0 Å². The van der Waals surface area contributed by atoms with Gasteiger partial charge >= 0.3 is 0 Å². The Morgan fingerprint density at radius 1 is 0.349 bits per heavy atom. The predicted molar refractivity (Wildman–Crippen MR) is 282 cm³/mol. The third-order valence-electron chi connectivity index (χ3n) is 13.0. The molecule has 0 N–H and O–H groups in total. The standard InChI is InChI=1S/C60H102N2.Pd/c1-6-11-16-17-18-19-20-21-22-23-24-25-26-27-28-29-30-31-32-33-34-35-36-41-46-58(62-60-51-56(44-39-14-9-4)48-57(52-60)45-40-15-10-5)53-61-59-49-54(42-37-12-7-2)47-55(50-59)43-38-13-8-3;/h41,46-53H,6-40,42-45H2,1-5H3;. The van der Waals surface area contributed by atoms with Crippen molar-refractivity contribution in [3.8, 4) is 0 Å². The maximum absolute atomic E-state index is 5.33. The topological polar surface area (TPSA) is 24.7 Å². The van der Waals surface area contributed by atoms with Crippen LogP contribution in [0, 0.1) is 0 Å². The Kier molecular flexibility index (Phi) is 41.4. The first kappa shape index (κ1) is 59.2. The van der Waals surface area contributed by atoms with Gasteiger partial charge in [0.05, 0.1) is 23.3 Å². The van der Waals surface area contributed by atoms with E-state index in [2.05, 4.69) is 89.4 Å². The third-order valence-corrected chi connectivity index (χ3v) is 13.0. The van der Waals surface area contributed by atoms with Gasteiger partial charge in [0.15, 0.2) is 0 Å². The second-order valence-corrected chi connectivity index (χ2v) is 19.3. The molecular weight excluding hydrogens is 855 g/mol. The van der Waals surface area contributed by atoms with E-state index in [0.29, 0.717) is 0 Å². The van der Waals surface area contributed by atoms with Gasteiger partial charge in [0.25, 0.3) is 0 Å². The zero-order valence-corrected chi connectivity index (χ0v) is 44.0.